The first-order chi connectivity index (χ1) is 11.7. The van der Waals surface area contributed by atoms with Crippen molar-refractivity contribution in [2.45, 2.75) is 47.0 Å². The largest absolute Gasteiger partial charge is 0.325 e. The minimum atomic E-state index is -0.962. The molecule has 2 amide bonds. The molecule has 1 aliphatic rings. The fourth-order valence-corrected chi connectivity index (χ4v) is 6.17. The predicted molar refractivity (Wildman–Crippen MR) is 111 cm³/mol. The van der Waals surface area contributed by atoms with Gasteiger partial charge < -0.3 is 4.90 Å². The second-order valence-electron chi connectivity index (χ2n) is 7.24. The van der Waals surface area contributed by atoms with Crippen LogP contribution in [0.3, 0.4) is 0 Å². The lowest BCUT2D eigenvalue weighted by Crippen LogP contribution is -2.40. The van der Waals surface area contributed by atoms with Gasteiger partial charge in [-0.15, -0.1) is 0 Å². The maximum absolute atomic E-state index is 12.3. The number of nitrogens with zero attached hydrogens (tertiary/aromatic N) is 2. The Bertz CT molecular complexity index is 523. The quantitative estimate of drug-likeness (QED) is 0.466. The van der Waals surface area contributed by atoms with Gasteiger partial charge in [0, 0.05) is 57.7 Å². The minimum absolute atomic E-state index is 0.0204. The molecule has 1 rings (SSSR count). The summed E-state index contributed by atoms with van der Waals surface area (Å²) in [6.45, 7) is 9.92. The number of hydrogen-bond donors (Lipinski definition) is 0. The van der Waals surface area contributed by atoms with Crippen molar-refractivity contribution in [2.24, 2.45) is 5.41 Å². The van der Waals surface area contributed by atoms with Gasteiger partial charge >= 0.3 is 6.03 Å². The number of hydrogen-bond acceptors (Lipinski definition) is 4. The van der Waals surface area contributed by atoms with E-state index < -0.39 is 21.6 Å². The lowest BCUT2D eigenvalue weighted by atomic mass is 9.90. The summed E-state index contributed by atoms with van der Waals surface area (Å²) in [4.78, 5) is 16.4. The molecule has 0 bridgehead atoms. The summed E-state index contributed by atoms with van der Waals surface area (Å²) >= 11 is 5.34. The molecule has 0 saturated carbocycles. The van der Waals surface area contributed by atoms with Crippen molar-refractivity contribution < 1.29 is 13.2 Å². The highest BCUT2D eigenvalue weighted by molar-refractivity contribution is 7.88. The van der Waals surface area contributed by atoms with Gasteiger partial charge in [-0.05, 0) is 25.2 Å². The molecule has 1 saturated heterocycles. The van der Waals surface area contributed by atoms with Gasteiger partial charge in [-0.25, -0.2) is 4.79 Å². The van der Waals surface area contributed by atoms with Crippen LogP contribution in [-0.2, 0) is 21.6 Å². The van der Waals surface area contributed by atoms with Crippen LogP contribution in [0.2, 0.25) is 0 Å². The van der Waals surface area contributed by atoms with Crippen LogP contribution in [0, 0.1) is 5.41 Å². The van der Waals surface area contributed by atoms with Gasteiger partial charge in [0.05, 0.1) is 6.54 Å². The molecule has 8 heteroatoms. The van der Waals surface area contributed by atoms with Crippen molar-refractivity contribution in [3.8, 4) is 0 Å². The Labute approximate surface area is 162 Å². The molecule has 146 valence electrons. The maximum Gasteiger partial charge on any atom is 0.325 e. The number of likely N-dealkylation sites (N-methyl/N-ethyl adjacent to an activating group) is 1. The Morgan fingerprint density at radius 1 is 1.08 bits per heavy atom. The molecular weight excluding hydrogens is 376 g/mol. The molecule has 2 atom stereocenters. The van der Waals surface area contributed by atoms with Gasteiger partial charge in [0.15, 0.2) is 0 Å². The third kappa shape index (κ3) is 7.83. The SMILES string of the molecule is CCCCS(=O)CCS(=O)CCC(C)(C)CN1C(=O)N(CC)CC1=S. The summed E-state index contributed by atoms with van der Waals surface area (Å²) in [7, 11) is -1.81. The zero-order valence-corrected chi connectivity index (χ0v) is 18.4. The van der Waals surface area contributed by atoms with Crippen LogP contribution in [0.1, 0.15) is 47.0 Å². The van der Waals surface area contributed by atoms with E-state index in [9.17, 15) is 13.2 Å². The number of carbonyl (C=O) groups excluding carboxylic acids is 1. The topological polar surface area (TPSA) is 57.7 Å². The molecule has 1 aliphatic heterocycles. The van der Waals surface area contributed by atoms with Crippen molar-refractivity contribution in [1.82, 2.24) is 9.80 Å². The third-order valence-corrected chi connectivity index (χ3v) is 7.70. The number of amides is 2. The standard InChI is InChI=1S/C17H32N2O3S3/c1-5-7-9-24(21)11-12-25(22)10-8-17(3,4)14-19-15(23)13-18(6-2)16(19)20/h5-14H2,1-4H3. The molecule has 0 aromatic carbocycles. The molecule has 0 aliphatic carbocycles. The monoisotopic (exact) mass is 408 g/mol. The first kappa shape index (κ1) is 22.7. The Morgan fingerprint density at radius 2 is 1.68 bits per heavy atom. The number of rotatable bonds is 12. The maximum atomic E-state index is 12.3. The molecule has 0 aromatic rings. The van der Waals surface area contributed by atoms with Crippen LogP contribution in [0.5, 0.6) is 0 Å². The van der Waals surface area contributed by atoms with Crippen LogP contribution in [0.25, 0.3) is 0 Å². The Kier molecular flexibility index (Phi) is 9.74. The number of unbranched alkanes of at least 4 members (excludes halogenated alkanes) is 1. The van der Waals surface area contributed by atoms with Gasteiger partial charge in [-0.2, -0.15) is 0 Å². The molecular formula is C17H32N2O3S3. The molecule has 2 unspecified atom stereocenters. The van der Waals surface area contributed by atoms with E-state index in [4.69, 9.17) is 12.2 Å². The zero-order chi connectivity index (χ0) is 19.0. The summed E-state index contributed by atoms with van der Waals surface area (Å²) in [6, 6.07) is -0.0204. The van der Waals surface area contributed by atoms with Crippen LogP contribution < -0.4 is 0 Å². The second-order valence-corrected chi connectivity index (χ2v) is 11.1. The average Bonchev–Trinajstić information content (AvgIpc) is 2.83. The Hall–Kier alpha value is -0.340. The highest BCUT2D eigenvalue weighted by atomic mass is 32.2. The van der Waals surface area contributed by atoms with Crippen molar-refractivity contribution >= 4 is 44.8 Å². The lowest BCUT2D eigenvalue weighted by Gasteiger charge is -2.29. The van der Waals surface area contributed by atoms with E-state index in [1.54, 1.807) is 9.80 Å². The first-order valence-electron chi connectivity index (χ1n) is 8.99. The molecule has 1 fully saturated rings. The molecule has 5 nitrogen and oxygen atoms in total. The normalized spacial score (nSPS) is 18.1. The summed E-state index contributed by atoms with van der Waals surface area (Å²) in [5.41, 5.74) is -0.152. The van der Waals surface area contributed by atoms with Gasteiger partial charge in [0.1, 0.15) is 4.99 Å². The second kappa shape index (κ2) is 10.7. The molecule has 0 N–H and O–H groups in total. The van der Waals surface area contributed by atoms with Crippen molar-refractivity contribution in [3.63, 3.8) is 0 Å². The van der Waals surface area contributed by atoms with Gasteiger partial charge in [0.2, 0.25) is 0 Å². The smallest absolute Gasteiger partial charge is 0.318 e. The average molecular weight is 409 g/mol. The highest BCUT2D eigenvalue weighted by Gasteiger charge is 2.35. The van der Waals surface area contributed by atoms with Gasteiger partial charge in [-0.1, -0.05) is 39.4 Å². The van der Waals surface area contributed by atoms with Crippen molar-refractivity contribution in [2.75, 3.05) is 42.6 Å². The predicted octanol–water partition coefficient (Wildman–Crippen LogP) is 2.79. The summed E-state index contributed by atoms with van der Waals surface area (Å²) in [5, 5.41) is 0. The van der Waals surface area contributed by atoms with Crippen LogP contribution in [-0.4, -0.2) is 71.9 Å². The van der Waals surface area contributed by atoms with E-state index in [2.05, 4.69) is 20.8 Å². The fourth-order valence-electron chi connectivity index (χ4n) is 2.59. The Morgan fingerprint density at radius 3 is 2.20 bits per heavy atom. The minimum Gasteiger partial charge on any atom is -0.318 e. The fraction of sp³-hybridized carbons (Fsp3) is 0.882. The first-order valence-corrected chi connectivity index (χ1v) is 12.4. The lowest BCUT2D eigenvalue weighted by molar-refractivity contribution is 0.183. The van der Waals surface area contributed by atoms with Gasteiger partial charge in [0.25, 0.3) is 0 Å². The van der Waals surface area contributed by atoms with Crippen molar-refractivity contribution in [1.29, 1.82) is 0 Å². The number of thiocarbonyl (C=S) groups is 1. The molecule has 1 heterocycles. The summed E-state index contributed by atoms with van der Waals surface area (Å²) in [6.07, 6.45) is 2.75. The number of carbonyl (C=O) groups is 1. The molecule has 0 radical (unpaired) electrons. The van der Waals surface area contributed by atoms with E-state index in [0.29, 0.717) is 47.6 Å². The number of urea groups is 1. The zero-order valence-electron chi connectivity index (χ0n) is 15.9. The van der Waals surface area contributed by atoms with E-state index in [-0.39, 0.29) is 11.4 Å². The summed E-state index contributed by atoms with van der Waals surface area (Å²) in [5.74, 6) is 2.30. The Balaban J connectivity index is 2.40. The van der Waals surface area contributed by atoms with E-state index >= 15 is 0 Å². The van der Waals surface area contributed by atoms with E-state index in [1.165, 1.54) is 0 Å². The van der Waals surface area contributed by atoms with Gasteiger partial charge in [-0.3, -0.25) is 13.3 Å². The van der Waals surface area contributed by atoms with Crippen LogP contribution >= 0.6 is 12.2 Å². The highest BCUT2D eigenvalue weighted by Crippen LogP contribution is 2.25. The van der Waals surface area contributed by atoms with Crippen LogP contribution in [0.4, 0.5) is 4.79 Å². The molecule has 25 heavy (non-hydrogen) atoms. The third-order valence-electron chi connectivity index (χ3n) is 4.37. The van der Waals surface area contributed by atoms with Crippen LogP contribution in [0.15, 0.2) is 0 Å². The van der Waals surface area contributed by atoms with E-state index in [0.717, 1.165) is 19.3 Å². The molecule has 0 spiro atoms. The molecule has 0 aromatic heterocycles. The van der Waals surface area contributed by atoms with Crippen molar-refractivity contribution in [3.05, 3.63) is 0 Å². The van der Waals surface area contributed by atoms with E-state index in [1.807, 2.05) is 6.92 Å². The summed E-state index contributed by atoms with van der Waals surface area (Å²) < 4.78 is 24.0.